The van der Waals surface area contributed by atoms with E-state index in [4.69, 9.17) is 10.00 Å². The molecular formula is C12H14N4O2. The Labute approximate surface area is 105 Å². The first-order chi connectivity index (χ1) is 8.56. The van der Waals surface area contributed by atoms with Crippen LogP contribution < -0.4 is 5.32 Å². The van der Waals surface area contributed by atoms with E-state index in [-0.39, 0.29) is 12.2 Å². The molecule has 0 aliphatic heterocycles. The number of carbonyl (C=O) groups is 1. The van der Waals surface area contributed by atoms with Crippen LogP contribution in [0.15, 0.2) is 17.8 Å². The van der Waals surface area contributed by atoms with Crippen LogP contribution in [0.4, 0.5) is 5.95 Å². The van der Waals surface area contributed by atoms with Crippen molar-refractivity contribution in [3.8, 4) is 6.07 Å². The summed E-state index contributed by atoms with van der Waals surface area (Å²) in [5, 5.41) is 11.5. The highest BCUT2D eigenvalue weighted by atomic mass is 16.5. The molecule has 0 radical (unpaired) electrons. The van der Waals surface area contributed by atoms with Crippen LogP contribution in [0.25, 0.3) is 0 Å². The number of anilines is 1. The standard InChI is InChI=1S/C12H14N4O2/c1-4-18-11(17)10(6-13)7-14-12-15-8(2)5-9(3)16-12/h5,7H,4H2,1-3H3,(H,14,15,16)/b10-7+. The molecule has 94 valence electrons. The lowest BCUT2D eigenvalue weighted by molar-refractivity contribution is -0.138. The third-order valence-electron chi connectivity index (χ3n) is 1.94. The molecule has 6 nitrogen and oxygen atoms in total. The van der Waals surface area contributed by atoms with Gasteiger partial charge >= 0.3 is 5.97 Å². The molecule has 0 aromatic carbocycles. The van der Waals surface area contributed by atoms with E-state index in [1.807, 2.05) is 19.9 Å². The first kappa shape index (κ1) is 13.6. The molecule has 1 N–H and O–H groups in total. The SMILES string of the molecule is CCOC(=O)/C(C#N)=C/Nc1nc(C)cc(C)n1. The first-order valence-corrected chi connectivity index (χ1v) is 5.43. The van der Waals surface area contributed by atoms with E-state index in [1.165, 1.54) is 6.20 Å². The Morgan fingerprint density at radius 1 is 1.50 bits per heavy atom. The van der Waals surface area contributed by atoms with Gasteiger partial charge in [-0.2, -0.15) is 5.26 Å². The number of aryl methyl sites for hydroxylation is 2. The Kier molecular flexibility index (Phi) is 4.81. The fourth-order valence-corrected chi connectivity index (χ4v) is 1.27. The Bertz CT molecular complexity index is 497. The lowest BCUT2D eigenvalue weighted by atomic mass is 10.3. The van der Waals surface area contributed by atoms with Gasteiger partial charge in [0.05, 0.1) is 6.61 Å². The maximum absolute atomic E-state index is 11.3. The molecule has 0 atom stereocenters. The van der Waals surface area contributed by atoms with E-state index in [2.05, 4.69) is 15.3 Å². The molecule has 0 unspecified atom stereocenters. The minimum absolute atomic E-state index is 0.125. The second-order valence-corrected chi connectivity index (χ2v) is 3.51. The lowest BCUT2D eigenvalue weighted by Gasteiger charge is -2.03. The van der Waals surface area contributed by atoms with Gasteiger partial charge in [-0.25, -0.2) is 14.8 Å². The highest BCUT2D eigenvalue weighted by Crippen LogP contribution is 2.05. The van der Waals surface area contributed by atoms with Crippen LogP contribution in [-0.4, -0.2) is 22.5 Å². The number of carbonyl (C=O) groups excluding carboxylic acids is 1. The summed E-state index contributed by atoms with van der Waals surface area (Å²) >= 11 is 0. The average molecular weight is 246 g/mol. The third-order valence-corrected chi connectivity index (χ3v) is 1.94. The van der Waals surface area contributed by atoms with Crippen LogP contribution >= 0.6 is 0 Å². The number of rotatable bonds is 4. The normalized spacial score (nSPS) is 10.7. The lowest BCUT2D eigenvalue weighted by Crippen LogP contribution is -2.08. The van der Waals surface area contributed by atoms with Crippen molar-refractivity contribution in [2.45, 2.75) is 20.8 Å². The Morgan fingerprint density at radius 2 is 2.11 bits per heavy atom. The van der Waals surface area contributed by atoms with E-state index < -0.39 is 5.97 Å². The number of aromatic nitrogens is 2. The second-order valence-electron chi connectivity index (χ2n) is 3.51. The van der Waals surface area contributed by atoms with E-state index in [9.17, 15) is 4.79 Å². The molecule has 1 heterocycles. The van der Waals surface area contributed by atoms with E-state index in [1.54, 1.807) is 13.0 Å². The van der Waals surface area contributed by atoms with Gasteiger partial charge in [0.25, 0.3) is 0 Å². The van der Waals surface area contributed by atoms with Crippen molar-refractivity contribution in [2.24, 2.45) is 0 Å². The number of nitriles is 1. The Balaban J connectivity index is 2.83. The largest absolute Gasteiger partial charge is 0.462 e. The first-order valence-electron chi connectivity index (χ1n) is 5.43. The van der Waals surface area contributed by atoms with E-state index in [0.717, 1.165) is 11.4 Å². The predicted molar refractivity (Wildman–Crippen MR) is 65.5 cm³/mol. The minimum atomic E-state index is -0.670. The molecule has 0 saturated carbocycles. The van der Waals surface area contributed by atoms with Crippen LogP contribution in [-0.2, 0) is 9.53 Å². The van der Waals surface area contributed by atoms with E-state index >= 15 is 0 Å². The highest BCUT2D eigenvalue weighted by Gasteiger charge is 2.09. The summed E-state index contributed by atoms with van der Waals surface area (Å²) in [6.07, 6.45) is 1.24. The molecule has 18 heavy (non-hydrogen) atoms. The van der Waals surface area contributed by atoms with Gasteiger partial charge in [-0.05, 0) is 26.8 Å². The molecule has 0 amide bonds. The molecule has 0 bridgehead atoms. The summed E-state index contributed by atoms with van der Waals surface area (Å²) in [6.45, 7) is 5.56. The Morgan fingerprint density at radius 3 is 2.61 bits per heavy atom. The Hall–Kier alpha value is -2.42. The van der Waals surface area contributed by atoms with Crippen molar-refractivity contribution < 1.29 is 9.53 Å². The zero-order chi connectivity index (χ0) is 13.5. The maximum Gasteiger partial charge on any atom is 0.350 e. The summed E-state index contributed by atoms with van der Waals surface area (Å²) in [6, 6.07) is 3.58. The average Bonchev–Trinajstić information content (AvgIpc) is 2.29. The van der Waals surface area contributed by atoms with Crippen molar-refractivity contribution in [1.29, 1.82) is 5.26 Å². The molecule has 0 aliphatic rings. The van der Waals surface area contributed by atoms with E-state index in [0.29, 0.717) is 5.95 Å². The molecule has 0 saturated heterocycles. The van der Waals surface area contributed by atoms with Gasteiger partial charge in [0.2, 0.25) is 5.95 Å². The van der Waals surface area contributed by atoms with Crippen molar-refractivity contribution in [2.75, 3.05) is 11.9 Å². The van der Waals surface area contributed by atoms with Gasteiger partial charge in [0.1, 0.15) is 6.07 Å². The van der Waals surface area contributed by atoms with Crippen LogP contribution in [0.5, 0.6) is 0 Å². The fourth-order valence-electron chi connectivity index (χ4n) is 1.27. The monoisotopic (exact) mass is 246 g/mol. The molecule has 1 aromatic heterocycles. The number of esters is 1. The summed E-state index contributed by atoms with van der Waals surface area (Å²) in [4.78, 5) is 19.6. The van der Waals surface area contributed by atoms with Crippen molar-refractivity contribution >= 4 is 11.9 Å². The summed E-state index contributed by atoms with van der Waals surface area (Å²) in [5.41, 5.74) is 1.47. The van der Waals surface area contributed by atoms with Gasteiger partial charge in [0.15, 0.2) is 5.57 Å². The zero-order valence-electron chi connectivity index (χ0n) is 10.5. The van der Waals surface area contributed by atoms with Crippen LogP contribution in [0, 0.1) is 25.2 Å². The number of hydrogen-bond acceptors (Lipinski definition) is 6. The maximum atomic E-state index is 11.3. The van der Waals surface area contributed by atoms with Gasteiger partial charge < -0.3 is 10.1 Å². The second kappa shape index (κ2) is 6.35. The predicted octanol–water partition coefficient (Wildman–Crippen LogP) is 1.48. The van der Waals surface area contributed by atoms with Crippen molar-refractivity contribution in [3.05, 3.63) is 29.2 Å². The molecule has 1 rings (SSSR count). The highest BCUT2D eigenvalue weighted by molar-refractivity contribution is 5.93. The van der Waals surface area contributed by atoms with Gasteiger partial charge in [0, 0.05) is 17.6 Å². The summed E-state index contributed by atoms with van der Waals surface area (Å²) in [5.74, 6) is -0.332. The fraction of sp³-hybridized carbons (Fsp3) is 0.333. The molecular weight excluding hydrogens is 232 g/mol. The minimum Gasteiger partial charge on any atom is -0.462 e. The molecule has 0 fully saturated rings. The smallest absolute Gasteiger partial charge is 0.350 e. The van der Waals surface area contributed by atoms with Gasteiger partial charge in [-0.15, -0.1) is 0 Å². The van der Waals surface area contributed by atoms with Crippen molar-refractivity contribution in [3.63, 3.8) is 0 Å². The molecule has 0 spiro atoms. The number of nitrogens with one attached hydrogen (secondary N) is 1. The third kappa shape index (κ3) is 3.87. The number of hydrogen-bond donors (Lipinski definition) is 1. The molecule has 1 aromatic rings. The topological polar surface area (TPSA) is 87.9 Å². The van der Waals surface area contributed by atoms with Crippen molar-refractivity contribution in [1.82, 2.24) is 9.97 Å². The van der Waals surface area contributed by atoms with Gasteiger partial charge in [-0.3, -0.25) is 0 Å². The van der Waals surface area contributed by atoms with Crippen LogP contribution in [0.2, 0.25) is 0 Å². The number of ether oxygens (including phenoxy) is 1. The van der Waals surface area contributed by atoms with Gasteiger partial charge in [-0.1, -0.05) is 0 Å². The van der Waals surface area contributed by atoms with Crippen LogP contribution in [0.1, 0.15) is 18.3 Å². The summed E-state index contributed by atoms with van der Waals surface area (Å²) in [7, 11) is 0. The molecule has 6 heteroatoms. The quantitative estimate of drug-likeness (QED) is 0.491. The summed E-state index contributed by atoms with van der Waals surface area (Å²) < 4.78 is 4.72. The number of nitrogens with zero attached hydrogens (tertiary/aromatic N) is 3. The zero-order valence-corrected chi connectivity index (χ0v) is 10.5. The van der Waals surface area contributed by atoms with Crippen LogP contribution in [0.3, 0.4) is 0 Å². The molecule has 0 aliphatic carbocycles.